The number of nitrogens with one attached hydrogen (secondary N) is 1. The molecule has 0 amide bonds. The number of H-pyrrole nitrogens is 1. The molecule has 1 unspecified atom stereocenters. The number of para-hydroxylation sites is 1. The molecule has 0 spiro atoms. The maximum atomic E-state index is 8.87. The van der Waals surface area contributed by atoms with Crippen LogP contribution in [0.3, 0.4) is 0 Å². The van der Waals surface area contributed by atoms with E-state index in [0.717, 1.165) is 16.5 Å². The molecule has 1 aromatic carbocycles. The molecule has 1 aromatic heterocycles. The Morgan fingerprint density at radius 1 is 1.50 bits per heavy atom. The van der Waals surface area contributed by atoms with Gasteiger partial charge in [-0.1, -0.05) is 18.2 Å². The molecule has 4 nitrogen and oxygen atoms in total. The SMILES string of the molecule is NC(CO)Cc1cccc2cn[nH]c12. The van der Waals surface area contributed by atoms with Crippen LogP contribution in [0, 0.1) is 0 Å². The maximum Gasteiger partial charge on any atom is 0.0682 e. The summed E-state index contributed by atoms with van der Waals surface area (Å²) in [6.45, 7) is 0.00449. The number of fused-ring (bicyclic) bond motifs is 1. The molecule has 0 radical (unpaired) electrons. The van der Waals surface area contributed by atoms with Crippen LogP contribution < -0.4 is 5.73 Å². The zero-order valence-corrected chi connectivity index (χ0v) is 7.77. The van der Waals surface area contributed by atoms with Gasteiger partial charge in [-0.2, -0.15) is 5.10 Å². The normalized spacial score (nSPS) is 13.3. The van der Waals surface area contributed by atoms with Crippen molar-refractivity contribution in [2.24, 2.45) is 5.73 Å². The fraction of sp³-hybridized carbons (Fsp3) is 0.300. The second-order valence-electron chi connectivity index (χ2n) is 3.40. The molecular weight excluding hydrogens is 178 g/mol. The Morgan fingerprint density at radius 2 is 2.36 bits per heavy atom. The molecule has 2 aromatic rings. The number of hydrogen-bond acceptors (Lipinski definition) is 3. The van der Waals surface area contributed by atoms with Crippen LogP contribution in [0.5, 0.6) is 0 Å². The van der Waals surface area contributed by atoms with Crippen LogP contribution in [-0.2, 0) is 6.42 Å². The first-order chi connectivity index (χ1) is 6.81. The number of hydrogen-bond donors (Lipinski definition) is 3. The molecule has 0 fully saturated rings. The monoisotopic (exact) mass is 191 g/mol. The van der Waals surface area contributed by atoms with Crippen LogP contribution in [0.15, 0.2) is 24.4 Å². The summed E-state index contributed by atoms with van der Waals surface area (Å²) in [6, 6.07) is 5.75. The van der Waals surface area contributed by atoms with E-state index in [9.17, 15) is 0 Å². The van der Waals surface area contributed by atoms with Gasteiger partial charge in [-0.3, -0.25) is 5.10 Å². The predicted molar refractivity (Wildman–Crippen MR) is 54.9 cm³/mol. The van der Waals surface area contributed by atoms with Crippen LogP contribution in [0.1, 0.15) is 5.56 Å². The molecule has 0 aliphatic rings. The Hall–Kier alpha value is -1.39. The van der Waals surface area contributed by atoms with Crippen molar-refractivity contribution in [2.45, 2.75) is 12.5 Å². The van der Waals surface area contributed by atoms with E-state index < -0.39 is 0 Å². The zero-order chi connectivity index (χ0) is 9.97. The molecule has 0 bridgehead atoms. The lowest BCUT2D eigenvalue weighted by Crippen LogP contribution is -2.26. The van der Waals surface area contributed by atoms with Crippen LogP contribution in [0.25, 0.3) is 10.9 Å². The fourth-order valence-electron chi connectivity index (χ4n) is 1.55. The van der Waals surface area contributed by atoms with Gasteiger partial charge in [-0.05, 0) is 12.0 Å². The van der Waals surface area contributed by atoms with Crippen LogP contribution >= 0.6 is 0 Å². The number of nitrogens with two attached hydrogens (primary N) is 1. The molecule has 4 N–H and O–H groups in total. The second-order valence-corrected chi connectivity index (χ2v) is 3.40. The summed E-state index contributed by atoms with van der Waals surface area (Å²) >= 11 is 0. The highest BCUT2D eigenvalue weighted by Crippen LogP contribution is 2.16. The van der Waals surface area contributed by atoms with Gasteiger partial charge in [-0.25, -0.2) is 0 Å². The lowest BCUT2D eigenvalue weighted by Gasteiger charge is -2.08. The van der Waals surface area contributed by atoms with Gasteiger partial charge < -0.3 is 10.8 Å². The van der Waals surface area contributed by atoms with Gasteiger partial charge in [0.15, 0.2) is 0 Å². The molecule has 0 saturated carbocycles. The van der Waals surface area contributed by atoms with E-state index in [1.54, 1.807) is 6.20 Å². The minimum atomic E-state index is -0.205. The third-order valence-electron chi connectivity index (χ3n) is 2.28. The Balaban J connectivity index is 2.36. The number of aliphatic hydroxyl groups is 1. The number of aromatic amines is 1. The number of aromatic nitrogens is 2. The minimum Gasteiger partial charge on any atom is -0.395 e. The third kappa shape index (κ3) is 1.62. The molecular formula is C10H13N3O. The number of benzene rings is 1. The van der Waals surface area contributed by atoms with Crippen molar-refractivity contribution >= 4 is 10.9 Å². The highest BCUT2D eigenvalue weighted by Gasteiger charge is 2.06. The Bertz CT molecular complexity index is 424. The molecule has 2 rings (SSSR count). The summed E-state index contributed by atoms with van der Waals surface area (Å²) in [7, 11) is 0. The van der Waals surface area contributed by atoms with Crippen LogP contribution in [0.4, 0.5) is 0 Å². The van der Waals surface area contributed by atoms with Crippen molar-refractivity contribution in [3.63, 3.8) is 0 Å². The number of aliphatic hydroxyl groups excluding tert-OH is 1. The zero-order valence-electron chi connectivity index (χ0n) is 7.77. The maximum absolute atomic E-state index is 8.87. The smallest absolute Gasteiger partial charge is 0.0682 e. The van der Waals surface area contributed by atoms with Crippen molar-refractivity contribution in [3.8, 4) is 0 Å². The fourth-order valence-corrected chi connectivity index (χ4v) is 1.55. The van der Waals surface area contributed by atoms with Crippen LogP contribution in [-0.4, -0.2) is 28.0 Å². The largest absolute Gasteiger partial charge is 0.395 e. The first-order valence-electron chi connectivity index (χ1n) is 4.58. The lowest BCUT2D eigenvalue weighted by atomic mass is 10.0. The van der Waals surface area contributed by atoms with Gasteiger partial charge in [0.25, 0.3) is 0 Å². The summed E-state index contributed by atoms with van der Waals surface area (Å²) < 4.78 is 0. The second kappa shape index (κ2) is 3.77. The van der Waals surface area contributed by atoms with Crippen molar-refractivity contribution < 1.29 is 5.11 Å². The summed E-state index contributed by atoms with van der Waals surface area (Å²) in [6.07, 6.45) is 2.44. The van der Waals surface area contributed by atoms with Crippen molar-refractivity contribution in [2.75, 3.05) is 6.61 Å². The molecule has 0 saturated heterocycles. The van der Waals surface area contributed by atoms with E-state index in [2.05, 4.69) is 10.2 Å². The van der Waals surface area contributed by atoms with Crippen LogP contribution in [0.2, 0.25) is 0 Å². The Labute approximate surface area is 81.7 Å². The topological polar surface area (TPSA) is 74.9 Å². The van der Waals surface area contributed by atoms with Gasteiger partial charge in [0.1, 0.15) is 0 Å². The van der Waals surface area contributed by atoms with Gasteiger partial charge in [0.05, 0.1) is 18.3 Å². The van der Waals surface area contributed by atoms with E-state index in [0.29, 0.717) is 6.42 Å². The molecule has 0 aliphatic heterocycles. The highest BCUT2D eigenvalue weighted by atomic mass is 16.3. The lowest BCUT2D eigenvalue weighted by molar-refractivity contribution is 0.265. The Morgan fingerprint density at radius 3 is 3.14 bits per heavy atom. The van der Waals surface area contributed by atoms with Gasteiger partial charge in [0, 0.05) is 11.4 Å². The molecule has 1 heterocycles. The number of rotatable bonds is 3. The summed E-state index contributed by atoms with van der Waals surface area (Å²) in [5, 5.41) is 16.8. The van der Waals surface area contributed by atoms with E-state index in [-0.39, 0.29) is 12.6 Å². The summed E-state index contributed by atoms with van der Waals surface area (Å²) in [4.78, 5) is 0. The first-order valence-corrected chi connectivity index (χ1v) is 4.58. The number of nitrogens with zero attached hydrogens (tertiary/aromatic N) is 1. The first kappa shape index (κ1) is 9.18. The highest BCUT2D eigenvalue weighted by molar-refractivity contribution is 5.81. The van der Waals surface area contributed by atoms with Crippen molar-refractivity contribution in [1.82, 2.24) is 10.2 Å². The van der Waals surface area contributed by atoms with Gasteiger partial charge in [-0.15, -0.1) is 0 Å². The quantitative estimate of drug-likeness (QED) is 0.658. The van der Waals surface area contributed by atoms with E-state index >= 15 is 0 Å². The standard InChI is InChI=1S/C10H13N3O/c11-9(6-14)4-7-2-1-3-8-5-12-13-10(7)8/h1-3,5,9,14H,4,6,11H2,(H,12,13). The molecule has 0 aliphatic carbocycles. The van der Waals surface area contributed by atoms with E-state index in [4.69, 9.17) is 10.8 Å². The van der Waals surface area contributed by atoms with E-state index in [1.807, 2.05) is 18.2 Å². The third-order valence-corrected chi connectivity index (χ3v) is 2.28. The van der Waals surface area contributed by atoms with Crippen molar-refractivity contribution in [3.05, 3.63) is 30.0 Å². The summed E-state index contributed by atoms with van der Waals surface area (Å²) in [5.74, 6) is 0. The van der Waals surface area contributed by atoms with Crippen molar-refractivity contribution in [1.29, 1.82) is 0 Å². The molecule has 4 heteroatoms. The minimum absolute atomic E-state index is 0.00449. The van der Waals surface area contributed by atoms with E-state index in [1.165, 1.54) is 0 Å². The molecule has 74 valence electrons. The summed E-state index contributed by atoms with van der Waals surface area (Å²) in [5.41, 5.74) is 7.79. The van der Waals surface area contributed by atoms with Gasteiger partial charge >= 0.3 is 0 Å². The average molecular weight is 191 g/mol. The molecule has 14 heavy (non-hydrogen) atoms. The Kier molecular flexibility index (Phi) is 2.47. The average Bonchev–Trinajstić information content (AvgIpc) is 2.66. The van der Waals surface area contributed by atoms with Gasteiger partial charge in [0.2, 0.25) is 0 Å². The molecule has 1 atom stereocenters. The predicted octanol–water partition coefficient (Wildman–Crippen LogP) is 0.425.